The number of nitrogens with one attached hydrogen (secondary N) is 1. The fourth-order valence-corrected chi connectivity index (χ4v) is 3.00. The molecule has 0 aliphatic rings. The summed E-state index contributed by atoms with van der Waals surface area (Å²) in [6.45, 7) is 1.24. The quantitative estimate of drug-likeness (QED) is 0.633. The average molecular weight is 408 g/mol. The highest BCUT2D eigenvalue weighted by atomic mass is 16.5. The number of ether oxygens (including phenoxy) is 1. The van der Waals surface area contributed by atoms with Gasteiger partial charge in [-0.05, 0) is 43.3 Å². The number of carbonyl (C=O) groups excluding carboxylic acids is 2. The van der Waals surface area contributed by atoms with Crippen molar-refractivity contribution in [3.05, 3.63) is 76.2 Å². The summed E-state index contributed by atoms with van der Waals surface area (Å²) in [7, 11) is 5.53. The Labute approximate surface area is 174 Å². The molecule has 2 aromatic carbocycles. The van der Waals surface area contributed by atoms with Crippen LogP contribution in [0.4, 0.5) is 11.4 Å². The summed E-state index contributed by atoms with van der Waals surface area (Å²) in [4.78, 5) is 39.2. The molecule has 3 aromatic rings. The van der Waals surface area contributed by atoms with Crippen molar-refractivity contribution in [1.29, 1.82) is 0 Å². The van der Waals surface area contributed by atoms with Crippen LogP contribution in [-0.4, -0.2) is 41.9 Å². The minimum absolute atomic E-state index is 0.151. The van der Waals surface area contributed by atoms with Crippen molar-refractivity contribution in [2.45, 2.75) is 6.92 Å². The molecule has 0 radical (unpaired) electrons. The minimum atomic E-state index is -0.609. The number of nitrogens with zero attached hydrogens (tertiary/aromatic N) is 3. The molecule has 1 N–H and O–H groups in total. The minimum Gasteiger partial charge on any atom is -0.452 e. The Morgan fingerprint density at radius 2 is 1.67 bits per heavy atom. The van der Waals surface area contributed by atoms with Gasteiger partial charge >= 0.3 is 5.97 Å². The Balaban J connectivity index is 1.68. The van der Waals surface area contributed by atoms with Gasteiger partial charge in [0.25, 0.3) is 11.5 Å². The summed E-state index contributed by atoms with van der Waals surface area (Å²) in [6, 6.07) is 16.0. The van der Waals surface area contributed by atoms with Crippen molar-refractivity contribution >= 4 is 23.3 Å². The van der Waals surface area contributed by atoms with Crippen LogP contribution in [0.5, 0.6) is 0 Å². The van der Waals surface area contributed by atoms with Gasteiger partial charge in [-0.15, -0.1) is 0 Å². The number of esters is 1. The first-order valence-electron chi connectivity index (χ1n) is 9.38. The van der Waals surface area contributed by atoms with Gasteiger partial charge in [0.05, 0.1) is 16.9 Å². The number of hydrogen-bond acceptors (Lipinski definition) is 5. The third kappa shape index (κ3) is 4.27. The van der Waals surface area contributed by atoms with E-state index in [1.54, 1.807) is 55.1 Å². The van der Waals surface area contributed by atoms with E-state index in [0.717, 1.165) is 5.69 Å². The Hall–Kier alpha value is -3.81. The molecule has 8 nitrogen and oxygen atoms in total. The van der Waals surface area contributed by atoms with E-state index in [-0.39, 0.29) is 11.2 Å². The van der Waals surface area contributed by atoms with Gasteiger partial charge in [0.2, 0.25) is 0 Å². The van der Waals surface area contributed by atoms with Gasteiger partial charge in [0.1, 0.15) is 5.69 Å². The summed E-state index contributed by atoms with van der Waals surface area (Å²) in [5.74, 6) is -1.19. The van der Waals surface area contributed by atoms with Gasteiger partial charge in [0, 0.05) is 26.8 Å². The fourth-order valence-electron chi connectivity index (χ4n) is 3.00. The third-order valence-corrected chi connectivity index (χ3v) is 4.77. The predicted molar refractivity (Wildman–Crippen MR) is 115 cm³/mol. The van der Waals surface area contributed by atoms with E-state index in [1.165, 1.54) is 4.68 Å². The molecule has 30 heavy (non-hydrogen) atoms. The van der Waals surface area contributed by atoms with Crippen LogP contribution in [0.3, 0.4) is 0 Å². The van der Waals surface area contributed by atoms with E-state index in [1.807, 2.05) is 37.2 Å². The number of benzene rings is 2. The summed E-state index contributed by atoms with van der Waals surface area (Å²) in [6.07, 6.45) is 0. The second-order valence-electron chi connectivity index (χ2n) is 7.00. The highest BCUT2D eigenvalue weighted by Gasteiger charge is 2.19. The highest BCUT2D eigenvalue weighted by molar-refractivity contribution is 5.95. The van der Waals surface area contributed by atoms with Crippen LogP contribution >= 0.6 is 0 Å². The first kappa shape index (κ1) is 20.9. The second kappa shape index (κ2) is 8.69. The van der Waals surface area contributed by atoms with Crippen LogP contribution in [0.2, 0.25) is 0 Å². The number of rotatable bonds is 6. The molecule has 1 aromatic heterocycles. The normalized spacial score (nSPS) is 10.5. The maximum Gasteiger partial charge on any atom is 0.338 e. The Bertz CT molecular complexity index is 1110. The van der Waals surface area contributed by atoms with Crippen molar-refractivity contribution in [1.82, 2.24) is 9.36 Å². The van der Waals surface area contributed by atoms with E-state index < -0.39 is 18.5 Å². The average Bonchev–Trinajstić information content (AvgIpc) is 2.95. The standard InChI is InChI=1S/C22H24N4O4/c1-15-20(21(28)26(25(15)4)18-8-6-5-7-9-18)23-19(27)14-30-22(29)16-10-12-17(13-11-16)24(2)3/h5-13H,14H2,1-4H3,(H,23,27). The fraction of sp³-hybridized carbons (Fsp3) is 0.227. The SMILES string of the molecule is Cc1c(NC(=O)COC(=O)c2ccc(N(C)C)cc2)c(=O)n(-c2ccccc2)n1C. The number of hydrogen-bond donors (Lipinski definition) is 1. The zero-order valence-electron chi connectivity index (χ0n) is 17.4. The number of anilines is 2. The Morgan fingerprint density at radius 3 is 2.27 bits per heavy atom. The first-order valence-corrected chi connectivity index (χ1v) is 9.38. The molecular formula is C22H24N4O4. The van der Waals surface area contributed by atoms with E-state index in [4.69, 9.17) is 4.74 Å². The molecule has 0 atom stereocenters. The van der Waals surface area contributed by atoms with Gasteiger partial charge in [-0.3, -0.25) is 14.3 Å². The largest absolute Gasteiger partial charge is 0.452 e. The van der Waals surface area contributed by atoms with Crippen molar-refractivity contribution in [2.24, 2.45) is 7.05 Å². The molecule has 0 fully saturated rings. The lowest BCUT2D eigenvalue weighted by Crippen LogP contribution is -2.25. The van der Waals surface area contributed by atoms with Crippen LogP contribution in [-0.2, 0) is 16.6 Å². The number of aromatic nitrogens is 2. The third-order valence-electron chi connectivity index (χ3n) is 4.77. The summed E-state index contributed by atoms with van der Waals surface area (Å²) in [5, 5.41) is 2.56. The van der Waals surface area contributed by atoms with Crippen LogP contribution in [0.15, 0.2) is 59.4 Å². The van der Waals surface area contributed by atoms with Crippen LogP contribution in [0.25, 0.3) is 5.69 Å². The Kier molecular flexibility index (Phi) is 6.06. The number of amides is 1. The number of para-hydroxylation sites is 1. The molecule has 1 amide bonds. The zero-order chi connectivity index (χ0) is 21.8. The molecule has 3 rings (SSSR count). The summed E-state index contributed by atoms with van der Waals surface area (Å²) >= 11 is 0. The maximum absolute atomic E-state index is 12.8. The van der Waals surface area contributed by atoms with Crippen LogP contribution < -0.4 is 15.8 Å². The molecule has 0 saturated heterocycles. The molecule has 0 saturated carbocycles. The van der Waals surface area contributed by atoms with Gasteiger partial charge in [-0.2, -0.15) is 0 Å². The molecular weight excluding hydrogens is 384 g/mol. The second-order valence-corrected chi connectivity index (χ2v) is 7.00. The molecule has 0 unspecified atom stereocenters. The van der Waals surface area contributed by atoms with E-state index in [0.29, 0.717) is 16.9 Å². The topological polar surface area (TPSA) is 85.6 Å². The van der Waals surface area contributed by atoms with Gasteiger partial charge < -0.3 is 15.0 Å². The molecule has 8 heteroatoms. The monoisotopic (exact) mass is 408 g/mol. The molecule has 0 aliphatic heterocycles. The maximum atomic E-state index is 12.8. The lowest BCUT2D eigenvalue weighted by Gasteiger charge is -2.12. The highest BCUT2D eigenvalue weighted by Crippen LogP contribution is 2.15. The van der Waals surface area contributed by atoms with Crippen LogP contribution in [0, 0.1) is 6.92 Å². The molecule has 1 heterocycles. The first-order chi connectivity index (χ1) is 14.3. The zero-order valence-corrected chi connectivity index (χ0v) is 17.4. The lowest BCUT2D eigenvalue weighted by molar-refractivity contribution is -0.119. The van der Waals surface area contributed by atoms with Gasteiger partial charge in [-0.1, -0.05) is 18.2 Å². The Morgan fingerprint density at radius 1 is 1.03 bits per heavy atom. The summed E-state index contributed by atoms with van der Waals surface area (Å²) < 4.78 is 8.20. The van der Waals surface area contributed by atoms with Crippen molar-refractivity contribution in [3.8, 4) is 5.69 Å². The van der Waals surface area contributed by atoms with Crippen LogP contribution in [0.1, 0.15) is 16.1 Å². The molecule has 0 spiro atoms. The number of carbonyl (C=O) groups is 2. The van der Waals surface area contributed by atoms with E-state index in [2.05, 4.69) is 5.32 Å². The smallest absolute Gasteiger partial charge is 0.338 e. The molecule has 156 valence electrons. The lowest BCUT2D eigenvalue weighted by atomic mass is 10.2. The molecule has 0 bridgehead atoms. The van der Waals surface area contributed by atoms with E-state index >= 15 is 0 Å². The molecule has 0 aliphatic carbocycles. The van der Waals surface area contributed by atoms with Crippen molar-refractivity contribution in [3.63, 3.8) is 0 Å². The van der Waals surface area contributed by atoms with Gasteiger partial charge in [0.15, 0.2) is 6.61 Å². The predicted octanol–water partition coefficient (Wildman–Crippen LogP) is 2.35. The van der Waals surface area contributed by atoms with Crippen molar-refractivity contribution in [2.75, 3.05) is 30.9 Å². The van der Waals surface area contributed by atoms with Gasteiger partial charge in [-0.25, -0.2) is 9.48 Å². The summed E-state index contributed by atoms with van der Waals surface area (Å²) in [5.41, 5.74) is 2.34. The van der Waals surface area contributed by atoms with E-state index in [9.17, 15) is 14.4 Å². The van der Waals surface area contributed by atoms with Crippen molar-refractivity contribution < 1.29 is 14.3 Å².